The van der Waals surface area contributed by atoms with Gasteiger partial charge in [-0.25, -0.2) is 0 Å². The van der Waals surface area contributed by atoms with E-state index < -0.39 is 0 Å². The molecule has 3 heteroatoms. The summed E-state index contributed by atoms with van der Waals surface area (Å²) in [5, 5.41) is 15.2. The zero-order chi connectivity index (χ0) is 11.8. The zero-order valence-corrected chi connectivity index (χ0v) is 10.6. The molecule has 1 aromatic heterocycles. The summed E-state index contributed by atoms with van der Waals surface area (Å²) >= 11 is 1.77. The van der Waals surface area contributed by atoms with Gasteiger partial charge in [0.2, 0.25) is 0 Å². The molecular weight excluding hydrogens is 230 g/mol. The van der Waals surface area contributed by atoms with Gasteiger partial charge in [0, 0.05) is 16.6 Å². The van der Waals surface area contributed by atoms with E-state index in [9.17, 15) is 5.11 Å². The van der Waals surface area contributed by atoms with Crippen molar-refractivity contribution in [3.8, 4) is 5.75 Å². The molecule has 88 valence electrons. The lowest BCUT2D eigenvalue weighted by molar-refractivity contribution is 0.474. The lowest BCUT2D eigenvalue weighted by Gasteiger charge is -2.12. The molecule has 2 N–H and O–H groups in total. The van der Waals surface area contributed by atoms with Crippen LogP contribution in [0.1, 0.15) is 16.0 Å². The summed E-state index contributed by atoms with van der Waals surface area (Å²) in [7, 11) is 0. The maximum absolute atomic E-state index is 9.46. The third-order valence-corrected chi connectivity index (χ3v) is 4.19. The fourth-order valence-electron chi connectivity index (χ4n) is 2.46. The zero-order valence-electron chi connectivity index (χ0n) is 9.73. The Hall–Kier alpha value is -1.48. The van der Waals surface area contributed by atoms with Gasteiger partial charge in [0.05, 0.1) is 0 Å². The molecular formula is C14H15NOS. The van der Waals surface area contributed by atoms with Crippen LogP contribution in [0.2, 0.25) is 0 Å². The summed E-state index contributed by atoms with van der Waals surface area (Å²) in [6.45, 7) is 2.14. The number of aryl methyl sites for hydroxylation is 1. The summed E-state index contributed by atoms with van der Waals surface area (Å²) in [6.07, 6.45) is 2.05. The Balaban J connectivity index is 1.76. The number of aromatic hydroxyl groups is 1. The van der Waals surface area contributed by atoms with Crippen molar-refractivity contribution in [2.45, 2.75) is 25.8 Å². The van der Waals surface area contributed by atoms with Crippen molar-refractivity contribution in [3.05, 3.63) is 45.6 Å². The van der Waals surface area contributed by atoms with Crippen LogP contribution >= 0.6 is 11.3 Å². The molecule has 1 atom stereocenters. The molecule has 2 aromatic rings. The number of thiophene rings is 1. The van der Waals surface area contributed by atoms with Crippen LogP contribution in [0.15, 0.2) is 29.6 Å². The number of phenolic OH excluding ortho intramolecular Hbond substituents is 1. The van der Waals surface area contributed by atoms with Gasteiger partial charge >= 0.3 is 0 Å². The molecule has 0 spiro atoms. The lowest BCUT2D eigenvalue weighted by atomic mass is 10.1. The molecule has 1 heterocycles. The van der Waals surface area contributed by atoms with Gasteiger partial charge in [-0.2, -0.15) is 0 Å². The van der Waals surface area contributed by atoms with E-state index in [2.05, 4.69) is 23.7 Å². The first-order valence-corrected chi connectivity index (χ1v) is 6.72. The molecule has 3 rings (SSSR count). The maximum Gasteiger partial charge on any atom is 0.115 e. The maximum atomic E-state index is 9.46. The molecule has 1 aliphatic carbocycles. The van der Waals surface area contributed by atoms with Crippen LogP contribution in [0.25, 0.3) is 0 Å². The van der Waals surface area contributed by atoms with Crippen LogP contribution < -0.4 is 5.32 Å². The standard InChI is InChI=1S/C14H15NOS/c1-9-14(4-5-17-9)15-12-6-10-2-3-13(16)8-11(10)7-12/h2-5,8,12,15-16H,6-7H2,1H3. The van der Waals surface area contributed by atoms with Gasteiger partial charge in [0.25, 0.3) is 0 Å². The van der Waals surface area contributed by atoms with E-state index in [1.807, 2.05) is 12.1 Å². The monoisotopic (exact) mass is 245 g/mol. The van der Waals surface area contributed by atoms with Gasteiger partial charge in [-0.05, 0) is 54.5 Å². The predicted molar refractivity (Wildman–Crippen MR) is 72.0 cm³/mol. The lowest BCUT2D eigenvalue weighted by Crippen LogP contribution is -2.19. The molecule has 17 heavy (non-hydrogen) atoms. The number of anilines is 1. The first-order valence-electron chi connectivity index (χ1n) is 5.84. The molecule has 1 aliphatic rings. The largest absolute Gasteiger partial charge is 0.508 e. The minimum absolute atomic E-state index is 0.371. The van der Waals surface area contributed by atoms with E-state index in [4.69, 9.17) is 0 Å². The van der Waals surface area contributed by atoms with Crippen LogP contribution in [0.4, 0.5) is 5.69 Å². The highest BCUT2D eigenvalue weighted by atomic mass is 32.1. The van der Waals surface area contributed by atoms with Crippen LogP contribution in [0.3, 0.4) is 0 Å². The van der Waals surface area contributed by atoms with Gasteiger partial charge < -0.3 is 10.4 Å². The fourth-order valence-corrected chi connectivity index (χ4v) is 3.12. The molecule has 0 aliphatic heterocycles. The molecule has 1 aromatic carbocycles. The van der Waals surface area contributed by atoms with Crippen molar-refractivity contribution in [2.24, 2.45) is 0 Å². The Morgan fingerprint density at radius 2 is 2.06 bits per heavy atom. The summed E-state index contributed by atoms with van der Waals surface area (Å²) in [6, 6.07) is 8.29. The third-order valence-electron chi connectivity index (χ3n) is 3.34. The van der Waals surface area contributed by atoms with Crippen LogP contribution in [0.5, 0.6) is 5.75 Å². The Kier molecular flexibility index (Phi) is 2.56. The van der Waals surface area contributed by atoms with E-state index in [1.54, 1.807) is 17.4 Å². The van der Waals surface area contributed by atoms with Crippen molar-refractivity contribution in [1.29, 1.82) is 0 Å². The van der Waals surface area contributed by atoms with E-state index in [0.29, 0.717) is 11.8 Å². The van der Waals surface area contributed by atoms with Crippen LogP contribution in [-0.4, -0.2) is 11.1 Å². The number of nitrogens with one attached hydrogen (secondary N) is 1. The second-order valence-electron chi connectivity index (χ2n) is 4.59. The molecule has 0 saturated carbocycles. The number of benzene rings is 1. The van der Waals surface area contributed by atoms with E-state index in [0.717, 1.165) is 12.8 Å². The molecule has 0 radical (unpaired) electrons. The molecule has 0 fully saturated rings. The van der Waals surface area contributed by atoms with Crippen LogP contribution in [0, 0.1) is 6.92 Å². The first kappa shape index (κ1) is 10.7. The summed E-state index contributed by atoms with van der Waals surface area (Å²) in [5.74, 6) is 0.371. The minimum Gasteiger partial charge on any atom is -0.508 e. The number of fused-ring (bicyclic) bond motifs is 1. The molecule has 2 nitrogen and oxygen atoms in total. The molecule has 0 saturated heterocycles. The Morgan fingerprint density at radius 1 is 1.24 bits per heavy atom. The van der Waals surface area contributed by atoms with Crippen molar-refractivity contribution >= 4 is 17.0 Å². The average Bonchev–Trinajstić information content (AvgIpc) is 2.85. The summed E-state index contributed by atoms with van der Waals surface area (Å²) < 4.78 is 0. The molecule has 0 bridgehead atoms. The van der Waals surface area contributed by atoms with Gasteiger partial charge in [-0.3, -0.25) is 0 Å². The van der Waals surface area contributed by atoms with Crippen molar-refractivity contribution in [1.82, 2.24) is 0 Å². The quantitative estimate of drug-likeness (QED) is 0.850. The number of phenols is 1. The number of hydrogen-bond acceptors (Lipinski definition) is 3. The second-order valence-corrected chi connectivity index (χ2v) is 5.71. The van der Waals surface area contributed by atoms with Gasteiger partial charge in [0.1, 0.15) is 5.75 Å². The third kappa shape index (κ3) is 2.03. The van der Waals surface area contributed by atoms with Gasteiger partial charge in [-0.15, -0.1) is 11.3 Å². The highest BCUT2D eigenvalue weighted by molar-refractivity contribution is 7.10. The first-order chi connectivity index (χ1) is 8.22. The summed E-state index contributed by atoms with van der Waals surface area (Å²) in [5.41, 5.74) is 3.88. The van der Waals surface area contributed by atoms with Crippen molar-refractivity contribution in [3.63, 3.8) is 0 Å². The van der Waals surface area contributed by atoms with Crippen molar-refractivity contribution in [2.75, 3.05) is 5.32 Å². The highest BCUT2D eigenvalue weighted by Gasteiger charge is 2.21. The SMILES string of the molecule is Cc1sccc1NC1Cc2ccc(O)cc2C1. The fraction of sp³-hybridized carbons (Fsp3) is 0.286. The van der Waals surface area contributed by atoms with E-state index in [-0.39, 0.29) is 0 Å². The average molecular weight is 245 g/mol. The van der Waals surface area contributed by atoms with E-state index in [1.165, 1.54) is 21.7 Å². The number of hydrogen-bond donors (Lipinski definition) is 2. The normalized spacial score (nSPS) is 18.1. The Labute approximate surface area is 105 Å². The summed E-state index contributed by atoms with van der Waals surface area (Å²) in [4.78, 5) is 1.34. The molecule has 1 unspecified atom stereocenters. The predicted octanol–water partition coefficient (Wildman–Crippen LogP) is 3.34. The van der Waals surface area contributed by atoms with Gasteiger partial charge in [0.15, 0.2) is 0 Å². The smallest absolute Gasteiger partial charge is 0.115 e. The van der Waals surface area contributed by atoms with E-state index >= 15 is 0 Å². The van der Waals surface area contributed by atoms with Crippen molar-refractivity contribution < 1.29 is 5.11 Å². The Morgan fingerprint density at radius 3 is 2.82 bits per heavy atom. The molecule has 0 amide bonds. The van der Waals surface area contributed by atoms with Crippen LogP contribution in [-0.2, 0) is 12.8 Å². The topological polar surface area (TPSA) is 32.3 Å². The highest BCUT2D eigenvalue weighted by Crippen LogP contribution is 2.29. The second kappa shape index (κ2) is 4.08. The number of rotatable bonds is 2. The Bertz CT molecular complexity index is 547. The van der Waals surface area contributed by atoms with Gasteiger partial charge in [-0.1, -0.05) is 6.07 Å². The minimum atomic E-state index is 0.371.